The summed E-state index contributed by atoms with van der Waals surface area (Å²) in [6.07, 6.45) is 3.52. The van der Waals surface area contributed by atoms with Crippen molar-refractivity contribution < 1.29 is 13.6 Å². The lowest BCUT2D eigenvalue weighted by Gasteiger charge is -2.02. The molecule has 3 aromatic rings. The van der Waals surface area contributed by atoms with Gasteiger partial charge in [0.25, 0.3) is 5.91 Å². The lowest BCUT2D eigenvalue weighted by molar-refractivity contribution is 0.0998. The van der Waals surface area contributed by atoms with Crippen molar-refractivity contribution in [1.29, 1.82) is 0 Å². The Labute approximate surface area is 151 Å². The number of thiazole rings is 1. The zero-order valence-electron chi connectivity index (χ0n) is 13.3. The Hall–Kier alpha value is -2.25. The normalized spacial score (nSPS) is 11.9. The standard InChI is InChI=1S/C18H14F2N2OS2/c1-3-8-22-16-14(20)9-12(19)10-15(16)25-18(22)21-17(23)11-4-6-13(24-2)7-5-11/h3-7,9-10H,1,8H2,2H3. The molecule has 128 valence electrons. The number of benzene rings is 2. The van der Waals surface area contributed by atoms with Crippen LogP contribution < -0.4 is 4.80 Å². The number of thioether (sulfide) groups is 1. The molecule has 25 heavy (non-hydrogen) atoms. The second kappa shape index (κ2) is 7.33. The lowest BCUT2D eigenvalue weighted by Crippen LogP contribution is -2.16. The summed E-state index contributed by atoms with van der Waals surface area (Å²) in [4.78, 5) is 17.9. The SMILES string of the molecule is C=CCn1c(=NC(=O)c2ccc(SC)cc2)sc2cc(F)cc(F)c21. The molecular weight excluding hydrogens is 362 g/mol. The molecule has 0 aliphatic carbocycles. The number of aromatic nitrogens is 1. The third-order valence-corrected chi connectivity index (χ3v) is 5.31. The third-order valence-electron chi connectivity index (χ3n) is 3.54. The summed E-state index contributed by atoms with van der Waals surface area (Å²) in [5.41, 5.74) is 0.655. The number of halogens is 2. The van der Waals surface area contributed by atoms with Crippen LogP contribution in [0.5, 0.6) is 0 Å². The minimum Gasteiger partial charge on any atom is -0.310 e. The van der Waals surface area contributed by atoms with Crippen molar-refractivity contribution in [2.24, 2.45) is 4.99 Å². The van der Waals surface area contributed by atoms with Gasteiger partial charge in [0.15, 0.2) is 10.6 Å². The van der Waals surface area contributed by atoms with E-state index < -0.39 is 17.5 Å². The second-order valence-corrected chi connectivity index (χ2v) is 7.05. The molecule has 0 fully saturated rings. The van der Waals surface area contributed by atoms with Gasteiger partial charge in [0, 0.05) is 23.1 Å². The van der Waals surface area contributed by atoms with Crippen molar-refractivity contribution in [2.75, 3.05) is 6.26 Å². The zero-order valence-corrected chi connectivity index (χ0v) is 15.0. The molecule has 3 rings (SSSR count). The molecule has 0 spiro atoms. The van der Waals surface area contributed by atoms with Crippen molar-refractivity contribution in [2.45, 2.75) is 11.4 Å². The van der Waals surface area contributed by atoms with Crippen LogP contribution in [0.2, 0.25) is 0 Å². The number of nitrogens with zero attached hydrogens (tertiary/aromatic N) is 2. The van der Waals surface area contributed by atoms with E-state index in [0.717, 1.165) is 22.3 Å². The Morgan fingerprint density at radius 1 is 1.32 bits per heavy atom. The Morgan fingerprint density at radius 3 is 2.68 bits per heavy atom. The van der Waals surface area contributed by atoms with Gasteiger partial charge in [-0.2, -0.15) is 4.99 Å². The van der Waals surface area contributed by atoms with Gasteiger partial charge in [-0.25, -0.2) is 8.78 Å². The fourth-order valence-electron chi connectivity index (χ4n) is 2.40. The highest BCUT2D eigenvalue weighted by molar-refractivity contribution is 7.98. The number of carbonyl (C=O) groups is 1. The minimum atomic E-state index is -0.689. The number of hydrogen-bond acceptors (Lipinski definition) is 3. The molecular formula is C18H14F2N2OS2. The number of fused-ring (bicyclic) bond motifs is 1. The van der Waals surface area contributed by atoms with Crippen LogP contribution in [0.3, 0.4) is 0 Å². The summed E-state index contributed by atoms with van der Waals surface area (Å²) in [5, 5.41) is 0. The number of carbonyl (C=O) groups excluding carboxylic acids is 1. The van der Waals surface area contributed by atoms with Crippen LogP contribution in [0.1, 0.15) is 10.4 Å². The number of amides is 1. The highest BCUT2D eigenvalue weighted by Crippen LogP contribution is 2.22. The predicted molar refractivity (Wildman–Crippen MR) is 98.0 cm³/mol. The van der Waals surface area contributed by atoms with E-state index in [1.165, 1.54) is 10.6 Å². The predicted octanol–water partition coefficient (Wildman–Crippen LogP) is 4.63. The first-order valence-electron chi connectivity index (χ1n) is 7.36. The summed E-state index contributed by atoms with van der Waals surface area (Å²) in [7, 11) is 0. The Balaban J connectivity index is 2.14. The summed E-state index contributed by atoms with van der Waals surface area (Å²) >= 11 is 2.64. The summed E-state index contributed by atoms with van der Waals surface area (Å²) < 4.78 is 29.5. The van der Waals surface area contributed by atoms with E-state index in [4.69, 9.17) is 0 Å². The molecule has 0 radical (unpaired) electrons. The van der Waals surface area contributed by atoms with Gasteiger partial charge in [-0.1, -0.05) is 17.4 Å². The summed E-state index contributed by atoms with van der Waals surface area (Å²) in [6, 6.07) is 9.13. The van der Waals surface area contributed by atoms with Gasteiger partial charge < -0.3 is 4.57 Å². The molecule has 0 atom stereocenters. The molecule has 0 unspecified atom stereocenters. The van der Waals surface area contributed by atoms with E-state index in [-0.39, 0.29) is 12.1 Å². The van der Waals surface area contributed by atoms with Gasteiger partial charge in [-0.15, -0.1) is 18.3 Å². The van der Waals surface area contributed by atoms with E-state index in [9.17, 15) is 13.6 Å². The lowest BCUT2D eigenvalue weighted by atomic mass is 10.2. The number of hydrogen-bond donors (Lipinski definition) is 0. The molecule has 1 amide bonds. The molecule has 1 heterocycles. The second-order valence-electron chi connectivity index (χ2n) is 5.16. The molecule has 2 aromatic carbocycles. The van der Waals surface area contributed by atoms with Gasteiger partial charge in [-0.05, 0) is 36.6 Å². The van der Waals surface area contributed by atoms with Gasteiger partial charge in [0.1, 0.15) is 5.82 Å². The molecule has 0 saturated heterocycles. The fourth-order valence-corrected chi connectivity index (χ4v) is 3.88. The molecule has 0 N–H and O–H groups in total. The van der Waals surface area contributed by atoms with Crippen molar-refractivity contribution in [3.63, 3.8) is 0 Å². The van der Waals surface area contributed by atoms with Crippen molar-refractivity contribution in [3.8, 4) is 0 Å². The van der Waals surface area contributed by atoms with Crippen LogP contribution in [-0.4, -0.2) is 16.7 Å². The molecule has 3 nitrogen and oxygen atoms in total. The van der Waals surface area contributed by atoms with Crippen molar-refractivity contribution in [1.82, 2.24) is 4.57 Å². The molecule has 1 aromatic heterocycles. The number of allylic oxidation sites excluding steroid dienone is 1. The maximum Gasteiger partial charge on any atom is 0.279 e. The first-order valence-corrected chi connectivity index (χ1v) is 9.40. The topological polar surface area (TPSA) is 34.4 Å². The third kappa shape index (κ3) is 3.57. The van der Waals surface area contributed by atoms with E-state index >= 15 is 0 Å². The van der Waals surface area contributed by atoms with Crippen LogP contribution in [-0.2, 0) is 6.54 Å². The molecule has 0 saturated carbocycles. The minimum absolute atomic E-state index is 0.218. The maximum atomic E-state index is 14.2. The highest BCUT2D eigenvalue weighted by Gasteiger charge is 2.13. The largest absolute Gasteiger partial charge is 0.310 e. The van der Waals surface area contributed by atoms with Crippen LogP contribution >= 0.6 is 23.1 Å². The van der Waals surface area contributed by atoms with Gasteiger partial charge in [0.05, 0.1) is 10.2 Å². The molecule has 0 aliphatic rings. The van der Waals surface area contributed by atoms with Crippen LogP contribution in [0, 0.1) is 11.6 Å². The zero-order chi connectivity index (χ0) is 18.0. The molecule has 7 heteroatoms. The van der Waals surface area contributed by atoms with Gasteiger partial charge in [-0.3, -0.25) is 4.79 Å². The van der Waals surface area contributed by atoms with Crippen LogP contribution in [0.25, 0.3) is 10.2 Å². The van der Waals surface area contributed by atoms with E-state index in [0.29, 0.717) is 15.1 Å². The quantitative estimate of drug-likeness (QED) is 0.491. The van der Waals surface area contributed by atoms with Gasteiger partial charge in [0.2, 0.25) is 0 Å². The average Bonchev–Trinajstić information content (AvgIpc) is 2.92. The number of rotatable bonds is 4. The van der Waals surface area contributed by atoms with Crippen LogP contribution in [0.4, 0.5) is 8.78 Å². The van der Waals surface area contributed by atoms with Crippen molar-refractivity contribution >= 4 is 39.2 Å². The fraction of sp³-hybridized carbons (Fsp3) is 0.111. The van der Waals surface area contributed by atoms with Crippen molar-refractivity contribution in [3.05, 3.63) is 71.1 Å². The average molecular weight is 376 g/mol. The first-order chi connectivity index (χ1) is 12.0. The van der Waals surface area contributed by atoms with E-state index in [1.807, 2.05) is 18.4 Å². The summed E-state index contributed by atoms with van der Waals surface area (Å²) in [5.74, 6) is -1.79. The molecule has 0 aliphatic heterocycles. The monoisotopic (exact) mass is 376 g/mol. The Morgan fingerprint density at radius 2 is 2.04 bits per heavy atom. The molecule has 0 bridgehead atoms. The Bertz CT molecular complexity index is 1020. The van der Waals surface area contributed by atoms with E-state index in [2.05, 4.69) is 11.6 Å². The maximum absolute atomic E-state index is 14.2. The summed E-state index contributed by atoms with van der Waals surface area (Å²) in [6.45, 7) is 3.91. The smallest absolute Gasteiger partial charge is 0.279 e. The first kappa shape index (κ1) is 17.6. The van der Waals surface area contributed by atoms with Gasteiger partial charge >= 0.3 is 0 Å². The Kier molecular flexibility index (Phi) is 5.15. The van der Waals surface area contributed by atoms with E-state index in [1.54, 1.807) is 30.0 Å². The van der Waals surface area contributed by atoms with Crippen LogP contribution in [0.15, 0.2) is 58.9 Å². The highest BCUT2D eigenvalue weighted by atomic mass is 32.2.